The molecule has 0 saturated carbocycles. The van der Waals surface area contributed by atoms with Gasteiger partial charge in [-0.3, -0.25) is 4.79 Å². The van der Waals surface area contributed by atoms with E-state index >= 15 is 0 Å². The van der Waals surface area contributed by atoms with Crippen molar-refractivity contribution in [3.05, 3.63) is 0 Å². The van der Waals surface area contributed by atoms with Gasteiger partial charge in [0.15, 0.2) is 0 Å². The second-order valence-corrected chi connectivity index (χ2v) is 5.22. The Balaban J connectivity index is 3.75. The first-order valence-electron chi connectivity index (χ1n) is 7.65. The summed E-state index contributed by atoms with van der Waals surface area (Å²) in [4.78, 5) is 12.1. The van der Waals surface area contributed by atoms with E-state index in [1.54, 1.807) is 0 Å². The smallest absolute Gasteiger partial charge is 0.227 e. The Morgan fingerprint density at radius 3 is 2.06 bits per heavy atom. The first-order valence-corrected chi connectivity index (χ1v) is 7.65. The molecule has 0 fully saturated rings. The van der Waals surface area contributed by atoms with Crippen LogP contribution in [0.4, 0.5) is 0 Å². The van der Waals surface area contributed by atoms with Gasteiger partial charge in [0.05, 0.1) is 5.41 Å². The van der Waals surface area contributed by atoms with Crippen molar-refractivity contribution in [1.29, 1.82) is 0 Å². The minimum Gasteiger partial charge on any atom is -0.356 e. The number of nitrogens with two attached hydrogens (primary N) is 1. The molecule has 1 amide bonds. The summed E-state index contributed by atoms with van der Waals surface area (Å²) >= 11 is 0. The number of amides is 1. The summed E-state index contributed by atoms with van der Waals surface area (Å²) in [6.45, 7) is 7.55. The molecule has 0 unspecified atom stereocenters. The van der Waals surface area contributed by atoms with Crippen LogP contribution in [-0.4, -0.2) is 19.0 Å². The van der Waals surface area contributed by atoms with Crippen LogP contribution in [0, 0.1) is 5.41 Å². The molecule has 0 radical (unpaired) electrons. The van der Waals surface area contributed by atoms with E-state index in [2.05, 4.69) is 12.2 Å². The number of carbonyl (C=O) groups excluding carboxylic acids is 1. The standard InChI is InChI=1S/C15H32N2O/c1-4-7-8-9-10-11-12-17-14(18)15(5-2,6-3)13-16/h4-13,16H2,1-3H3,(H,17,18). The van der Waals surface area contributed by atoms with Gasteiger partial charge in [0.25, 0.3) is 0 Å². The van der Waals surface area contributed by atoms with Crippen molar-refractivity contribution in [1.82, 2.24) is 5.32 Å². The van der Waals surface area contributed by atoms with Crippen molar-refractivity contribution in [2.75, 3.05) is 13.1 Å². The Morgan fingerprint density at radius 2 is 1.56 bits per heavy atom. The highest BCUT2D eigenvalue weighted by atomic mass is 16.2. The summed E-state index contributed by atoms with van der Waals surface area (Å²) in [7, 11) is 0. The quantitative estimate of drug-likeness (QED) is 0.558. The van der Waals surface area contributed by atoms with Gasteiger partial charge in [0.2, 0.25) is 5.91 Å². The van der Waals surface area contributed by atoms with E-state index in [0.717, 1.165) is 25.8 Å². The zero-order chi connectivity index (χ0) is 13.9. The van der Waals surface area contributed by atoms with Gasteiger partial charge in [-0.05, 0) is 19.3 Å². The van der Waals surface area contributed by atoms with Crippen molar-refractivity contribution in [3.8, 4) is 0 Å². The van der Waals surface area contributed by atoms with Crippen LogP contribution in [0.1, 0.15) is 72.1 Å². The van der Waals surface area contributed by atoms with E-state index in [0.29, 0.717) is 6.54 Å². The lowest BCUT2D eigenvalue weighted by atomic mass is 9.81. The molecule has 0 aromatic rings. The molecule has 0 aromatic heterocycles. The van der Waals surface area contributed by atoms with Crippen LogP contribution in [0.5, 0.6) is 0 Å². The van der Waals surface area contributed by atoms with Gasteiger partial charge in [-0.25, -0.2) is 0 Å². The van der Waals surface area contributed by atoms with Gasteiger partial charge in [0, 0.05) is 13.1 Å². The molecule has 3 nitrogen and oxygen atoms in total. The average Bonchev–Trinajstić information content (AvgIpc) is 2.40. The van der Waals surface area contributed by atoms with Crippen molar-refractivity contribution < 1.29 is 4.79 Å². The van der Waals surface area contributed by atoms with Crippen LogP contribution in [0.3, 0.4) is 0 Å². The Bertz CT molecular complexity index is 204. The molecule has 108 valence electrons. The van der Waals surface area contributed by atoms with E-state index in [1.165, 1.54) is 32.1 Å². The maximum Gasteiger partial charge on any atom is 0.227 e. The van der Waals surface area contributed by atoms with E-state index in [4.69, 9.17) is 5.73 Å². The van der Waals surface area contributed by atoms with Crippen molar-refractivity contribution in [3.63, 3.8) is 0 Å². The lowest BCUT2D eigenvalue weighted by Crippen LogP contribution is -2.45. The fourth-order valence-electron chi connectivity index (χ4n) is 2.25. The third kappa shape index (κ3) is 5.85. The molecule has 0 bridgehead atoms. The molecule has 0 atom stereocenters. The topological polar surface area (TPSA) is 55.1 Å². The van der Waals surface area contributed by atoms with Gasteiger partial charge < -0.3 is 11.1 Å². The maximum atomic E-state index is 12.1. The number of rotatable bonds is 11. The van der Waals surface area contributed by atoms with Crippen molar-refractivity contribution >= 4 is 5.91 Å². The van der Waals surface area contributed by atoms with Gasteiger partial charge in [-0.2, -0.15) is 0 Å². The van der Waals surface area contributed by atoms with E-state index < -0.39 is 0 Å². The number of hydrogen-bond acceptors (Lipinski definition) is 2. The monoisotopic (exact) mass is 256 g/mol. The molecular weight excluding hydrogens is 224 g/mol. The summed E-state index contributed by atoms with van der Waals surface area (Å²) in [5, 5.41) is 3.05. The predicted octanol–water partition coefficient (Wildman–Crippen LogP) is 3.23. The highest BCUT2D eigenvalue weighted by Crippen LogP contribution is 2.24. The third-order valence-corrected chi connectivity index (χ3v) is 4.04. The second kappa shape index (κ2) is 10.4. The normalized spacial score (nSPS) is 11.6. The molecule has 0 aliphatic heterocycles. The van der Waals surface area contributed by atoms with Crippen LogP contribution >= 0.6 is 0 Å². The average molecular weight is 256 g/mol. The summed E-state index contributed by atoms with van der Waals surface area (Å²) in [5.74, 6) is 0.142. The predicted molar refractivity (Wildman–Crippen MR) is 78.5 cm³/mol. The highest BCUT2D eigenvalue weighted by Gasteiger charge is 2.32. The van der Waals surface area contributed by atoms with Crippen molar-refractivity contribution in [2.24, 2.45) is 11.1 Å². The molecule has 0 aliphatic carbocycles. The molecule has 0 aromatic carbocycles. The minimum absolute atomic E-state index is 0.142. The Hall–Kier alpha value is -0.570. The molecule has 0 spiro atoms. The fraction of sp³-hybridized carbons (Fsp3) is 0.933. The van der Waals surface area contributed by atoms with Crippen LogP contribution in [0.15, 0.2) is 0 Å². The zero-order valence-corrected chi connectivity index (χ0v) is 12.6. The number of hydrogen-bond donors (Lipinski definition) is 2. The van der Waals surface area contributed by atoms with Crippen LogP contribution in [0.25, 0.3) is 0 Å². The lowest BCUT2D eigenvalue weighted by Gasteiger charge is -2.28. The summed E-state index contributed by atoms with van der Waals surface area (Å²) in [6, 6.07) is 0. The Kier molecular flexibility index (Phi) is 10.0. The minimum atomic E-state index is -0.345. The molecule has 0 saturated heterocycles. The summed E-state index contributed by atoms with van der Waals surface area (Å²) < 4.78 is 0. The van der Waals surface area contributed by atoms with Crippen LogP contribution in [-0.2, 0) is 4.79 Å². The first kappa shape index (κ1) is 17.4. The molecule has 0 rings (SSSR count). The highest BCUT2D eigenvalue weighted by molar-refractivity contribution is 5.82. The molecule has 0 heterocycles. The fourth-order valence-corrected chi connectivity index (χ4v) is 2.25. The van der Waals surface area contributed by atoms with Crippen LogP contribution in [0.2, 0.25) is 0 Å². The molecule has 3 heteroatoms. The Morgan fingerprint density at radius 1 is 1.00 bits per heavy atom. The van der Waals surface area contributed by atoms with E-state index in [1.807, 2.05) is 13.8 Å². The SMILES string of the molecule is CCCCCCCCNC(=O)C(CC)(CC)CN. The van der Waals surface area contributed by atoms with Gasteiger partial charge >= 0.3 is 0 Å². The maximum absolute atomic E-state index is 12.1. The lowest BCUT2D eigenvalue weighted by molar-refractivity contribution is -0.131. The number of nitrogens with one attached hydrogen (secondary N) is 1. The largest absolute Gasteiger partial charge is 0.356 e. The van der Waals surface area contributed by atoms with Gasteiger partial charge in [-0.15, -0.1) is 0 Å². The van der Waals surface area contributed by atoms with Gasteiger partial charge in [0.1, 0.15) is 0 Å². The van der Waals surface area contributed by atoms with E-state index in [9.17, 15) is 4.79 Å². The third-order valence-electron chi connectivity index (χ3n) is 4.04. The second-order valence-electron chi connectivity index (χ2n) is 5.22. The first-order chi connectivity index (χ1) is 8.66. The molecule has 0 aliphatic rings. The molecule has 18 heavy (non-hydrogen) atoms. The van der Waals surface area contributed by atoms with Crippen molar-refractivity contribution in [2.45, 2.75) is 72.1 Å². The summed E-state index contributed by atoms with van der Waals surface area (Å²) in [6.07, 6.45) is 9.16. The summed E-state index contributed by atoms with van der Waals surface area (Å²) in [5.41, 5.74) is 5.41. The number of unbranched alkanes of at least 4 members (excludes halogenated alkanes) is 5. The molecule has 3 N–H and O–H groups in total. The van der Waals surface area contributed by atoms with Crippen LogP contribution < -0.4 is 11.1 Å². The zero-order valence-electron chi connectivity index (χ0n) is 12.6. The van der Waals surface area contributed by atoms with E-state index in [-0.39, 0.29) is 11.3 Å². The number of carbonyl (C=O) groups is 1. The van der Waals surface area contributed by atoms with Gasteiger partial charge in [-0.1, -0.05) is 52.9 Å². The Labute approximate surface area is 113 Å². The molecular formula is C15H32N2O.